The fourth-order valence-electron chi connectivity index (χ4n) is 6.58. The molecule has 0 spiro atoms. The molecule has 2 heterocycles. The van der Waals surface area contributed by atoms with Gasteiger partial charge in [0.2, 0.25) is 0 Å². The smallest absolute Gasteiger partial charge is 0.478 e. The minimum Gasteiger partial charge on any atom is -0.478 e. The molecule has 2 atom stereocenters. The number of aromatic carboxylic acids is 1. The van der Waals surface area contributed by atoms with Crippen LogP contribution in [0.4, 0.5) is 22.7 Å². The lowest BCUT2D eigenvalue weighted by Gasteiger charge is -2.35. The van der Waals surface area contributed by atoms with Crippen LogP contribution in [0.15, 0.2) is 40.9 Å². The maximum Gasteiger partial charge on any atom is 0.573 e. The van der Waals surface area contributed by atoms with Crippen LogP contribution in [0.1, 0.15) is 66.1 Å². The molecule has 3 saturated carbocycles. The van der Waals surface area contributed by atoms with E-state index < -0.39 is 18.1 Å². The van der Waals surface area contributed by atoms with Gasteiger partial charge in [-0.25, -0.2) is 14.2 Å². The highest BCUT2D eigenvalue weighted by Gasteiger charge is 2.44. The van der Waals surface area contributed by atoms with E-state index in [9.17, 15) is 27.5 Å². The van der Waals surface area contributed by atoms with E-state index in [4.69, 9.17) is 9.26 Å². The van der Waals surface area contributed by atoms with Crippen LogP contribution in [-0.4, -0.2) is 39.7 Å². The molecule has 0 amide bonds. The Morgan fingerprint density at radius 1 is 1.12 bits per heavy atom. The Labute approximate surface area is 247 Å². The number of fused-ring (bicyclic) bond motifs is 3. The molecule has 2 bridgehead atoms. The monoisotopic (exact) mass is 617 g/mol. The van der Waals surface area contributed by atoms with E-state index in [-0.39, 0.29) is 47.1 Å². The number of hydrogen-bond acceptors (Lipinski definition) is 8. The number of halogens is 4. The molecule has 0 aliphatic heterocycles. The van der Waals surface area contributed by atoms with Crippen LogP contribution in [0.3, 0.4) is 0 Å². The quantitative estimate of drug-likeness (QED) is 0.184. The number of carboxylic acids is 1. The zero-order valence-corrected chi connectivity index (χ0v) is 23.5. The van der Waals surface area contributed by atoms with Gasteiger partial charge >= 0.3 is 12.3 Å². The summed E-state index contributed by atoms with van der Waals surface area (Å²) in [7, 11) is 0. The fraction of sp³-hybridized carbons (Fsp3) is 0.433. The average molecular weight is 618 g/mol. The number of benzene rings is 2. The minimum atomic E-state index is -4.84. The van der Waals surface area contributed by atoms with Crippen LogP contribution < -0.4 is 10.1 Å². The summed E-state index contributed by atoms with van der Waals surface area (Å²) in [6.07, 6.45) is 0.512. The van der Waals surface area contributed by atoms with E-state index in [1.54, 1.807) is 6.07 Å². The molecule has 4 aromatic rings. The molecule has 13 heteroatoms. The van der Waals surface area contributed by atoms with Crippen molar-refractivity contribution in [2.45, 2.75) is 69.6 Å². The van der Waals surface area contributed by atoms with E-state index in [0.29, 0.717) is 38.7 Å². The van der Waals surface area contributed by atoms with Gasteiger partial charge < -0.3 is 24.4 Å². The van der Waals surface area contributed by atoms with E-state index in [1.165, 1.54) is 35.6 Å². The summed E-state index contributed by atoms with van der Waals surface area (Å²) in [6.45, 7) is 0.163. The van der Waals surface area contributed by atoms with Crippen molar-refractivity contribution < 1.29 is 41.5 Å². The van der Waals surface area contributed by atoms with Gasteiger partial charge in [0.25, 0.3) is 0 Å². The number of para-hydroxylation sites is 1. The highest BCUT2D eigenvalue weighted by Crippen LogP contribution is 2.48. The number of anilines is 1. The van der Waals surface area contributed by atoms with E-state index >= 15 is 0 Å². The Morgan fingerprint density at radius 2 is 1.86 bits per heavy atom. The first-order chi connectivity index (χ1) is 20.6. The van der Waals surface area contributed by atoms with Gasteiger partial charge in [-0.05, 0) is 74.6 Å². The Balaban J connectivity index is 1.06. The second-order valence-electron chi connectivity index (χ2n) is 11.5. The number of rotatable bonds is 9. The molecule has 2 aromatic heterocycles. The van der Waals surface area contributed by atoms with Crippen molar-refractivity contribution in [1.29, 1.82) is 0 Å². The number of alkyl halides is 3. The Hall–Kier alpha value is -3.71. The maximum absolute atomic E-state index is 14.5. The predicted molar refractivity (Wildman–Crippen MR) is 149 cm³/mol. The average Bonchev–Trinajstić information content (AvgIpc) is 3.51. The van der Waals surface area contributed by atoms with E-state index in [1.807, 2.05) is 0 Å². The number of carbonyl (C=O) groups is 1. The van der Waals surface area contributed by atoms with Crippen molar-refractivity contribution in [2.75, 3.05) is 5.32 Å². The van der Waals surface area contributed by atoms with Gasteiger partial charge in [-0.2, -0.15) is 0 Å². The van der Waals surface area contributed by atoms with Gasteiger partial charge in [-0.3, -0.25) is 0 Å². The second-order valence-corrected chi connectivity index (χ2v) is 12.5. The summed E-state index contributed by atoms with van der Waals surface area (Å²) in [5.74, 6) is -0.777. The second kappa shape index (κ2) is 10.8. The van der Waals surface area contributed by atoms with Crippen molar-refractivity contribution in [2.24, 2.45) is 11.8 Å². The largest absolute Gasteiger partial charge is 0.573 e. The predicted octanol–water partition coefficient (Wildman–Crippen LogP) is 7.75. The number of hydrogen-bond donors (Lipinski definition) is 2. The third kappa shape index (κ3) is 5.67. The normalized spacial score (nSPS) is 23.5. The molecular weight excluding hydrogens is 590 g/mol. The molecule has 3 aliphatic rings. The van der Waals surface area contributed by atoms with Crippen LogP contribution in [0, 0.1) is 17.7 Å². The molecule has 3 aliphatic carbocycles. The number of thiazole rings is 1. The molecule has 8 nitrogen and oxygen atoms in total. The van der Waals surface area contributed by atoms with Gasteiger partial charge in [0, 0.05) is 23.1 Å². The molecule has 2 aromatic carbocycles. The molecule has 2 unspecified atom stereocenters. The zero-order chi connectivity index (χ0) is 29.9. The first-order valence-electron chi connectivity index (χ1n) is 14.2. The van der Waals surface area contributed by atoms with E-state index in [0.717, 1.165) is 44.6 Å². The summed E-state index contributed by atoms with van der Waals surface area (Å²) in [6, 6.07) is 8.45. The lowest BCUT2D eigenvalue weighted by atomic mass is 9.82. The molecule has 0 radical (unpaired) electrons. The molecule has 0 saturated heterocycles. The van der Waals surface area contributed by atoms with Crippen molar-refractivity contribution in [3.05, 3.63) is 59.1 Å². The summed E-state index contributed by atoms with van der Waals surface area (Å²) in [5.41, 5.74) is 1.19. The molecule has 2 N–H and O–H groups in total. The lowest BCUT2D eigenvalue weighted by molar-refractivity contribution is -0.274. The highest BCUT2D eigenvalue weighted by molar-refractivity contribution is 7.22. The number of aromatic nitrogens is 2. The minimum absolute atomic E-state index is 0.0574. The summed E-state index contributed by atoms with van der Waals surface area (Å²) < 4.78 is 70.6. The van der Waals surface area contributed by atoms with E-state index in [2.05, 4.69) is 20.2 Å². The van der Waals surface area contributed by atoms with Crippen molar-refractivity contribution >= 4 is 32.7 Å². The SMILES string of the molecule is O=C(O)c1cc(F)c2nc(NC3C4CCC3CC(OCc3c(-c5ccccc5OC(F)(F)F)noc3C3CC3)C4)sc2c1. The third-order valence-corrected chi connectivity index (χ3v) is 9.57. The van der Waals surface area contributed by atoms with Gasteiger partial charge in [-0.15, -0.1) is 13.2 Å². The van der Waals surface area contributed by atoms with Crippen LogP contribution >= 0.6 is 11.3 Å². The highest BCUT2D eigenvalue weighted by atomic mass is 32.1. The van der Waals surface area contributed by atoms with Crippen molar-refractivity contribution in [3.8, 4) is 17.0 Å². The van der Waals surface area contributed by atoms with Crippen LogP contribution in [-0.2, 0) is 11.3 Å². The standard InChI is InChI=1S/C30H27F4N3O5S/c31-21-11-17(28(38)39)12-23-26(21)36-29(43-23)35-24-15-7-8-16(24)10-18(9-15)40-13-20-25(37-42-27(20)14-5-6-14)19-3-1-2-4-22(19)41-30(32,33)34/h1-4,11-12,14-16,18,24H,5-10,13H2,(H,35,36)(H,38,39). The molecule has 7 rings (SSSR count). The number of ether oxygens (including phenoxy) is 2. The van der Waals surface area contributed by atoms with Crippen LogP contribution in [0.2, 0.25) is 0 Å². The number of nitrogens with one attached hydrogen (secondary N) is 1. The first-order valence-corrected chi connectivity index (χ1v) is 15.0. The Kier molecular flexibility index (Phi) is 7.04. The molecule has 43 heavy (non-hydrogen) atoms. The topological polar surface area (TPSA) is 107 Å². The first kappa shape index (κ1) is 28.1. The third-order valence-electron chi connectivity index (χ3n) is 8.64. The molecule has 226 valence electrons. The Morgan fingerprint density at radius 3 is 2.56 bits per heavy atom. The van der Waals surface area contributed by atoms with Gasteiger partial charge in [0.1, 0.15) is 22.7 Å². The van der Waals surface area contributed by atoms with Crippen LogP contribution in [0.25, 0.3) is 21.5 Å². The van der Waals surface area contributed by atoms with Gasteiger partial charge in [-0.1, -0.05) is 28.6 Å². The maximum atomic E-state index is 14.5. The fourth-order valence-corrected chi connectivity index (χ4v) is 7.54. The summed E-state index contributed by atoms with van der Waals surface area (Å²) in [5, 5.41) is 17.5. The van der Waals surface area contributed by atoms with Crippen molar-refractivity contribution in [3.63, 3.8) is 0 Å². The Bertz CT molecular complexity index is 1670. The van der Waals surface area contributed by atoms with Crippen LogP contribution in [0.5, 0.6) is 5.75 Å². The van der Waals surface area contributed by atoms with Gasteiger partial charge in [0.15, 0.2) is 10.9 Å². The zero-order valence-electron chi connectivity index (χ0n) is 22.7. The summed E-state index contributed by atoms with van der Waals surface area (Å²) >= 11 is 1.24. The van der Waals surface area contributed by atoms with Gasteiger partial charge in [0.05, 0.1) is 23.0 Å². The molecular formula is C30H27F4N3O5S. The summed E-state index contributed by atoms with van der Waals surface area (Å²) in [4.78, 5) is 15.7. The number of carboxylic acid groups (broad SMARTS) is 1. The van der Waals surface area contributed by atoms with Crippen molar-refractivity contribution in [1.82, 2.24) is 10.1 Å². The number of nitrogens with zero attached hydrogens (tertiary/aromatic N) is 2. The lowest BCUT2D eigenvalue weighted by Crippen LogP contribution is -2.39. The molecule has 3 fully saturated rings.